The zero-order valence-electron chi connectivity index (χ0n) is 13.9. The molecule has 6 heteroatoms. The zero-order valence-corrected chi connectivity index (χ0v) is 13.9. The van der Waals surface area contributed by atoms with E-state index in [1.54, 1.807) is 24.5 Å². The second-order valence-electron chi connectivity index (χ2n) is 5.72. The van der Waals surface area contributed by atoms with Crippen LogP contribution in [0.4, 0.5) is 4.79 Å². The number of rotatable bonds is 6. The van der Waals surface area contributed by atoms with Crippen molar-refractivity contribution in [2.45, 2.75) is 33.0 Å². The highest BCUT2D eigenvalue weighted by molar-refractivity contribution is 5.94. The third-order valence-corrected chi connectivity index (χ3v) is 3.26. The largest absolute Gasteiger partial charge is 0.348 e. The van der Waals surface area contributed by atoms with E-state index in [9.17, 15) is 9.59 Å². The molecule has 1 heterocycles. The van der Waals surface area contributed by atoms with Gasteiger partial charge in [-0.1, -0.05) is 18.2 Å². The van der Waals surface area contributed by atoms with E-state index in [-0.39, 0.29) is 18.0 Å². The molecule has 0 fully saturated rings. The second-order valence-corrected chi connectivity index (χ2v) is 5.72. The van der Waals surface area contributed by atoms with Gasteiger partial charge in [-0.3, -0.25) is 9.78 Å². The summed E-state index contributed by atoms with van der Waals surface area (Å²) in [5.41, 5.74) is 2.45. The number of urea groups is 1. The Morgan fingerprint density at radius 1 is 1.00 bits per heavy atom. The standard InChI is InChI=1S/C18H22N4O2/c1-13(2)22-18(24)21-11-14-5-7-16(8-6-14)17(23)20-12-15-4-3-9-19-10-15/h3-10,13H,11-12H2,1-2H3,(H,20,23)(H2,21,22,24). The van der Waals surface area contributed by atoms with Crippen molar-refractivity contribution in [2.75, 3.05) is 0 Å². The summed E-state index contributed by atoms with van der Waals surface area (Å²) in [6.07, 6.45) is 3.41. The predicted molar refractivity (Wildman–Crippen MR) is 92.4 cm³/mol. The van der Waals surface area contributed by atoms with E-state index < -0.39 is 0 Å². The smallest absolute Gasteiger partial charge is 0.315 e. The number of amides is 3. The van der Waals surface area contributed by atoms with Gasteiger partial charge in [-0.2, -0.15) is 0 Å². The maximum atomic E-state index is 12.1. The lowest BCUT2D eigenvalue weighted by atomic mass is 10.1. The molecule has 0 radical (unpaired) electrons. The molecule has 0 saturated carbocycles. The summed E-state index contributed by atoms with van der Waals surface area (Å²) in [4.78, 5) is 27.6. The van der Waals surface area contributed by atoms with E-state index >= 15 is 0 Å². The van der Waals surface area contributed by atoms with Crippen LogP contribution in [0.2, 0.25) is 0 Å². The van der Waals surface area contributed by atoms with Crippen LogP contribution in [0, 0.1) is 0 Å². The van der Waals surface area contributed by atoms with Crippen molar-refractivity contribution in [1.82, 2.24) is 20.9 Å². The fourth-order valence-corrected chi connectivity index (χ4v) is 2.06. The van der Waals surface area contributed by atoms with Crippen molar-refractivity contribution in [3.05, 3.63) is 65.5 Å². The average Bonchev–Trinajstić information content (AvgIpc) is 2.58. The molecule has 0 aliphatic rings. The second kappa shape index (κ2) is 8.67. The highest BCUT2D eigenvalue weighted by atomic mass is 16.2. The summed E-state index contributed by atoms with van der Waals surface area (Å²) in [7, 11) is 0. The molecule has 1 aromatic heterocycles. The van der Waals surface area contributed by atoms with Crippen LogP contribution in [-0.4, -0.2) is 23.0 Å². The predicted octanol–water partition coefficient (Wildman–Crippen LogP) is 2.22. The molecule has 0 unspecified atom stereocenters. The van der Waals surface area contributed by atoms with Gasteiger partial charge in [0.25, 0.3) is 5.91 Å². The lowest BCUT2D eigenvalue weighted by molar-refractivity contribution is 0.0951. The van der Waals surface area contributed by atoms with Gasteiger partial charge in [-0.05, 0) is 43.2 Å². The maximum Gasteiger partial charge on any atom is 0.315 e. The summed E-state index contributed by atoms with van der Waals surface area (Å²) in [6, 6.07) is 10.8. The average molecular weight is 326 g/mol. The Morgan fingerprint density at radius 3 is 2.33 bits per heavy atom. The van der Waals surface area contributed by atoms with E-state index in [4.69, 9.17) is 0 Å². The molecule has 126 valence electrons. The van der Waals surface area contributed by atoms with Crippen LogP contribution < -0.4 is 16.0 Å². The molecule has 0 atom stereocenters. The highest BCUT2D eigenvalue weighted by Gasteiger charge is 2.06. The summed E-state index contributed by atoms with van der Waals surface area (Å²) < 4.78 is 0. The molecule has 0 spiro atoms. The number of pyridine rings is 1. The first-order valence-electron chi connectivity index (χ1n) is 7.85. The number of aromatic nitrogens is 1. The minimum Gasteiger partial charge on any atom is -0.348 e. The number of carbonyl (C=O) groups is 2. The molecule has 0 aliphatic heterocycles. The van der Waals surface area contributed by atoms with Gasteiger partial charge in [0.2, 0.25) is 0 Å². The molecule has 0 saturated heterocycles. The summed E-state index contributed by atoms with van der Waals surface area (Å²) >= 11 is 0. The molecule has 2 aromatic rings. The van der Waals surface area contributed by atoms with Gasteiger partial charge in [-0.25, -0.2) is 4.79 Å². The van der Waals surface area contributed by atoms with Crippen molar-refractivity contribution in [1.29, 1.82) is 0 Å². The van der Waals surface area contributed by atoms with E-state index in [2.05, 4.69) is 20.9 Å². The number of benzene rings is 1. The van der Waals surface area contributed by atoms with Gasteiger partial charge in [0.05, 0.1) is 0 Å². The Balaban J connectivity index is 1.82. The monoisotopic (exact) mass is 326 g/mol. The summed E-state index contributed by atoms with van der Waals surface area (Å²) in [5, 5.41) is 8.37. The molecular weight excluding hydrogens is 304 g/mol. The number of carbonyl (C=O) groups excluding carboxylic acids is 2. The van der Waals surface area contributed by atoms with Crippen molar-refractivity contribution in [3.63, 3.8) is 0 Å². The van der Waals surface area contributed by atoms with Gasteiger partial charge in [0.15, 0.2) is 0 Å². The van der Waals surface area contributed by atoms with Crippen LogP contribution in [0.5, 0.6) is 0 Å². The summed E-state index contributed by atoms with van der Waals surface area (Å²) in [5.74, 6) is -0.143. The highest BCUT2D eigenvalue weighted by Crippen LogP contribution is 2.05. The minimum atomic E-state index is -0.205. The van der Waals surface area contributed by atoms with Gasteiger partial charge in [-0.15, -0.1) is 0 Å². The van der Waals surface area contributed by atoms with Crippen LogP contribution >= 0.6 is 0 Å². The zero-order chi connectivity index (χ0) is 17.4. The SMILES string of the molecule is CC(C)NC(=O)NCc1ccc(C(=O)NCc2cccnc2)cc1. The Hall–Kier alpha value is -2.89. The van der Waals surface area contributed by atoms with Crippen molar-refractivity contribution in [3.8, 4) is 0 Å². The van der Waals surface area contributed by atoms with Crippen LogP contribution in [-0.2, 0) is 13.1 Å². The molecule has 0 bridgehead atoms. The molecule has 0 aliphatic carbocycles. The molecule has 6 nitrogen and oxygen atoms in total. The third kappa shape index (κ3) is 5.72. The van der Waals surface area contributed by atoms with Crippen molar-refractivity contribution >= 4 is 11.9 Å². The Bertz CT molecular complexity index is 669. The first-order valence-corrected chi connectivity index (χ1v) is 7.85. The lowest BCUT2D eigenvalue weighted by Crippen LogP contribution is -2.39. The normalized spacial score (nSPS) is 10.3. The quantitative estimate of drug-likeness (QED) is 0.761. The van der Waals surface area contributed by atoms with Gasteiger partial charge in [0.1, 0.15) is 0 Å². The van der Waals surface area contributed by atoms with Crippen LogP contribution in [0.25, 0.3) is 0 Å². The Labute approximate surface area is 141 Å². The fourth-order valence-electron chi connectivity index (χ4n) is 2.06. The molecular formula is C18H22N4O2. The first-order chi connectivity index (χ1) is 11.5. The van der Waals surface area contributed by atoms with E-state index in [0.29, 0.717) is 18.7 Å². The number of nitrogens with zero attached hydrogens (tertiary/aromatic N) is 1. The number of nitrogens with one attached hydrogen (secondary N) is 3. The summed E-state index contributed by atoms with van der Waals surface area (Å²) in [6.45, 7) is 4.65. The Morgan fingerprint density at radius 2 is 1.71 bits per heavy atom. The van der Waals surface area contributed by atoms with Gasteiger partial charge >= 0.3 is 6.03 Å². The van der Waals surface area contributed by atoms with Crippen LogP contribution in [0.3, 0.4) is 0 Å². The molecule has 1 aromatic carbocycles. The fraction of sp³-hybridized carbons (Fsp3) is 0.278. The van der Waals surface area contributed by atoms with Crippen LogP contribution in [0.1, 0.15) is 35.3 Å². The van der Waals surface area contributed by atoms with E-state index in [1.165, 1.54) is 0 Å². The van der Waals surface area contributed by atoms with E-state index in [0.717, 1.165) is 11.1 Å². The lowest BCUT2D eigenvalue weighted by Gasteiger charge is -2.10. The van der Waals surface area contributed by atoms with Gasteiger partial charge in [0, 0.05) is 37.1 Å². The topological polar surface area (TPSA) is 83.1 Å². The Kier molecular flexibility index (Phi) is 6.31. The molecule has 3 amide bonds. The van der Waals surface area contributed by atoms with Crippen molar-refractivity contribution < 1.29 is 9.59 Å². The number of hydrogen-bond acceptors (Lipinski definition) is 3. The minimum absolute atomic E-state index is 0.0934. The molecule has 24 heavy (non-hydrogen) atoms. The third-order valence-electron chi connectivity index (χ3n) is 3.26. The molecule has 3 N–H and O–H groups in total. The first kappa shape index (κ1) is 17.5. The van der Waals surface area contributed by atoms with Crippen molar-refractivity contribution in [2.24, 2.45) is 0 Å². The van der Waals surface area contributed by atoms with Gasteiger partial charge < -0.3 is 16.0 Å². The maximum absolute atomic E-state index is 12.1. The number of hydrogen-bond donors (Lipinski definition) is 3. The van der Waals surface area contributed by atoms with E-state index in [1.807, 2.05) is 38.1 Å². The molecule has 2 rings (SSSR count). The van der Waals surface area contributed by atoms with Crippen LogP contribution in [0.15, 0.2) is 48.8 Å².